The number of hydrogen-bond acceptors (Lipinski definition) is 11. The Balaban J connectivity index is 1.15. The van der Waals surface area contributed by atoms with Crippen molar-refractivity contribution in [2.75, 3.05) is 43.4 Å². The highest BCUT2D eigenvalue weighted by Crippen LogP contribution is 2.44. The standard InChI is InChI=1S/C39H61N9O6/c1-25(2)47(21-13-20-41-35(49)46-27-16-14-26(15-17-27)37(3,4)5)22-28-30-31(53-39(9,10)52-30)34(51-28)48-24-45-29-32(43-23-44-33(29)48)40-18-11-12-19-42-36(50)54-38(6,7)8/h14-17,23-25,28,30-31,34H,11-13,18-22H2,1-10H3,(H,42,50)(H,40,43,44)(H2,41,46,49)/t28-,30?,31+,34-/m1/s1. The zero-order chi connectivity index (χ0) is 39.3. The summed E-state index contributed by atoms with van der Waals surface area (Å²) in [5.41, 5.74) is 2.77. The van der Waals surface area contributed by atoms with Gasteiger partial charge in [-0.2, -0.15) is 0 Å². The molecular weight excluding hydrogens is 690 g/mol. The number of nitrogens with zero attached hydrogens (tertiary/aromatic N) is 5. The van der Waals surface area contributed by atoms with Crippen molar-refractivity contribution >= 4 is 34.8 Å². The fourth-order valence-electron chi connectivity index (χ4n) is 6.66. The number of urea groups is 1. The molecule has 0 aliphatic carbocycles. The van der Waals surface area contributed by atoms with Crippen molar-refractivity contribution in [2.24, 2.45) is 0 Å². The first kappa shape index (κ1) is 41.1. The molecule has 2 aliphatic rings. The number of aromatic nitrogens is 4. The van der Waals surface area contributed by atoms with Gasteiger partial charge in [-0.3, -0.25) is 9.47 Å². The quantitative estimate of drug-likeness (QED) is 0.131. The molecule has 2 saturated heterocycles. The monoisotopic (exact) mass is 751 g/mol. The van der Waals surface area contributed by atoms with Crippen LogP contribution < -0.4 is 21.3 Å². The van der Waals surface area contributed by atoms with Crippen molar-refractivity contribution in [3.8, 4) is 0 Å². The number of alkyl carbamates (subject to hydrolysis) is 1. The number of imidazole rings is 1. The predicted octanol–water partition coefficient (Wildman–Crippen LogP) is 6.18. The highest BCUT2D eigenvalue weighted by molar-refractivity contribution is 5.89. The van der Waals surface area contributed by atoms with E-state index >= 15 is 0 Å². The molecule has 3 aromatic rings. The molecule has 0 spiro atoms. The second kappa shape index (κ2) is 17.2. The van der Waals surface area contributed by atoms with E-state index < -0.39 is 23.7 Å². The largest absolute Gasteiger partial charge is 0.444 e. The predicted molar refractivity (Wildman–Crippen MR) is 209 cm³/mol. The number of hydrogen-bond donors (Lipinski definition) is 4. The van der Waals surface area contributed by atoms with Gasteiger partial charge in [-0.1, -0.05) is 32.9 Å². The minimum absolute atomic E-state index is 0.0548. The Labute approximate surface area is 319 Å². The summed E-state index contributed by atoms with van der Waals surface area (Å²) in [7, 11) is 0. The second-order valence-corrected chi connectivity index (χ2v) is 16.9. The molecule has 0 radical (unpaired) electrons. The summed E-state index contributed by atoms with van der Waals surface area (Å²) >= 11 is 0. The Hall–Kier alpha value is -4.05. The normalized spacial score (nSPS) is 21.0. The number of unbranched alkanes of at least 4 members (excludes halogenated alkanes) is 1. The molecule has 15 heteroatoms. The summed E-state index contributed by atoms with van der Waals surface area (Å²) in [6.07, 6.45) is 3.72. The molecule has 0 saturated carbocycles. The number of rotatable bonds is 15. The van der Waals surface area contributed by atoms with E-state index in [0.717, 1.165) is 31.5 Å². The van der Waals surface area contributed by atoms with E-state index in [1.165, 1.54) is 11.9 Å². The van der Waals surface area contributed by atoms with E-state index in [1.807, 2.05) is 51.3 Å². The molecule has 2 aromatic heterocycles. The van der Waals surface area contributed by atoms with Crippen LogP contribution in [0.3, 0.4) is 0 Å². The molecule has 3 amide bonds. The summed E-state index contributed by atoms with van der Waals surface area (Å²) < 4.78 is 26.8. The van der Waals surface area contributed by atoms with Crippen LogP contribution in [0.5, 0.6) is 0 Å². The zero-order valence-electron chi connectivity index (χ0n) is 33.7. The van der Waals surface area contributed by atoms with Gasteiger partial charge in [-0.15, -0.1) is 0 Å². The first-order valence-corrected chi connectivity index (χ1v) is 19.2. The first-order chi connectivity index (χ1) is 25.4. The van der Waals surface area contributed by atoms with Crippen LogP contribution in [0.4, 0.5) is 21.1 Å². The van der Waals surface area contributed by atoms with Crippen LogP contribution in [0.15, 0.2) is 36.9 Å². The lowest BCUT2D eigenvalue weighted by Crippen LogP contribution is -2.44. The average Bonchev–Trinajstić information content (AvgIpc) is 3.74. The average molecular weight is 752 g/mol. The Morgan fingerprint density at radius 3 is 2.30 bits per heavy atom. The smallest absolute Gasteiger partial charge is 0.407 e. The summed E-state index contributed by atoms with van der Waals surface area (Å²) in [6.45, 7) is 23.3. The number of ether oxygens (including phenoxy) is 4. The molecule has 54 heavy (non-hydrogen) atoms. The maximum atomic E-state index is 12.6. The van der Waals surface area contributed by atoms with Gasteiger partial charge in [0.2, 0.25) is 0 Å². The molecule has 1 unspecified atom stereocenters. The maximum absolute atomic E-state index is 12.6. The highest BCUT2D eigenvalue weighted by atomic mass is 16.8. The number of carbonyl (C=O) groups excluding carboxylic acids is 2. The van der Waals surface area contributed by atoms with Crippen molar-refractivity contribution in [1.82, 2.24) is 35.1 Å². The topological polar surface area (TPSA) is 166 Å². The van der Waals surface area contributed by atoms with E-state index in [0.29, 0.717) is 43.2 Å². The highest BCUT2D eigenvalue weighted by Gasteiger charge is 2.56. The molecular formula is C39H61N9O6. The number of amides is 3. The molecule has 1 aromatic carbocycles. The summed E-state index contributed by atoms with van der Waals surface area (Å²) in [5.74, 6) is -0.153. The lowest BCUT2D eigenvalue weighted by molar-refractivity contribution is -0.198. The van der Waals surface area contributed by atoms with Gasteiger partial charge in [0, 0.05) is 44.5 Å². The molecule has 2 fully saturated rings. The molecule has 2 aliphatic heterocycles. The fraction of sp³-hybridized carbons (Fsp3) is 0.667. The van der Waals surface area contributed by atoms with E-state index in [4.69, 9.17) is 18.9 Å². The van der Waals surface area contributed by atoms with Crippen molar-refractivity contribution < 1.29 is 28.5 Å². The third kappa shape index (κ3) is 11.0. The number of nitrogens with one attached hydrogen (secondary N) is 4. The Morgan fingerprint density at radius 1 is 0.926 bits per heavy atom. The first-order valence-electron chi connectivity index (χ1n) is 19.2. The van der Waals surface area contributed by atoms with Crippen molar-refractivity contribution in [1.29, 1.82) is 0 Å². The SMILES string of the molecule is CC(C)N(CCCNC(=O)Nc1ccc(C(C)(C)C)cc1)C[C@H]1O[C@@H](n2cnc3c(NCCCCNC(=O)OC(C)(C)C)ncnc32)[C@H]2OC(C)(C)OC12. The number of carbonyl (C=O) groups is 2. The summed E-state index contributed by atoms with van der Waals surface area (Å²) in [4.78, 5) is 40.6. The van der Waals surface area contributed by atoms with Crippen LogP contribution in [0.2, 0.25) is 0 Å². The third-order valence-corrected chi connectivity index (χ3v) is 9.38. The zero-order valence-corrected chi connectivity index (χ0v) is 33.7. The third-order valence-electron chi connectivity index (χ3n) is 9.38. The number of benzene rings is 1. The maximum Gasteiger partial charge on any atom is 0.407 e. The van der Waals surface area contributed by atoms with Crippen LogP contribution in [0, 0.1) is 0 Å². The minimum Gasteiger partial charge on any atom is -0.444 e. The summed E-state index contributed by atoms with van der Waals surface area (Å²) in [6, 6.07) is 7.99. The number of fused-ring (bicyclic) bond motifs is 2. The van der Waals surface area contributed by atoms with Crippen LogP contribution in [-0.2, 0) is 24.4 Å². The second-order valence-electron chi connectivity index (χ2n) is 16.9. The molecule has 5 rings (SSSR count). The molecule has 4 N–H and O–H groups in total. The van der Waals surface area contributed by atoms with E-state index in [1.54, 1.807) is 6.33 Å². The van der Waals surface area contributed by atoms with Gasteiger partial charge >= 0.3 is 12.1 Å². The molecule has 298 valence electrons. The Kier molecular flexibility index (Phi) is 13.1. The molecule has 15 nitrogen and oxygen atoms in total. The Bertz CT molecular complexity index is 1700. The minimum atomic E-state index is -0.779. The Morgan fingerprint density at radius 2 is 1.61 bits per heavy atom. The van der Waals surface area contributed by atoms with Gasteiger partial charge in [0.05, 0.1) is 6.33 Å². The van der Waals surface area contributed by atoms with Crippen LogP contribution in [-0.4, -0.2) is 105 Å². The molecule has 4 atom stereocenters. The lowest BCUT2D eigenvalue weighted by Gasteiger charge is -2.31. The summed E-state index contributed by atoms with van der Waals surface area (Å²) in [5, 5.41) is 12.1. The van der Waals surface area contributed by atoms with Gasteiger partial charge in [0.25, 0.3) is 0 Å². The van der Waals surface area contributed by atoms with E-state index in [2.05, 4.69) is 87.9 Å². The van der Waals surface area contributed by atoms with Gasteiger partial charge in [-0.05, 0) is 90.8 Å². The van der Waals surface area contributed by atoms with Crippen LogP contribution in [0.25, 0.3) is 11.2 Å². The number of anilines is 2. The lowest BCUT2D eigenvalue weighted by atomic mass is 9.87. The molecule has 0 bridgehead atoms. The molecule has 4 heterocycles. The van der Waals surface area contributed by atoms with Gasteiger partial charge in [0.1, 0.15) is 30.2 Å². The van der Waals surface area contributed by atoms with E-state index in [9.17, 15) is 9.59 Å². The van der Waals surface area contributed by atoms with Crippen molar-refractivity contribution in [3.63, 3.8) is 0 Å². The van der Waals surface area contributed by atoms with E-state index in [-0.39, 0.29) is 35.8 Å². The van der Waals surface area contributed by atoms with Crippen molar-refractivity contribution in [3.05, 3.63) is 42.5 Å². The van der Waals surface area contributed by atoms with Crippen LogP contribution in [0.1, 0.15) is 100 Å². The van der Waals surface area contributed by atoms with Gasteiger partial charge in [0.15, 0.2) is 29.0 Å². The van der Waals surface area contributed by atoms with Gasteiger partial charge < -0.3 is 40.2 Å². The van der Waals surface area contributed by atoms with Crippen molar-refractivity contribution in [2.45, 2.75) is 136 Å². The van der Waals surface area contributed by atoms with Gasteiger partial charge in [-0.25, -0.2) is 24.5 Å². The fourth-order valence-corrected chi connectivity index (χ4v) is 6.66. The van der Waals surface area contributed by atoms with Crippen LogP contribution >= 0.6 is 0 Å².